The van der Waals surface area contributed by atoms with E-state index in [1.54, 1.807) is 13.2 Å². The molecule has 0 heterocycles. The number of anilines is 1. The van der Waals surface area contributed by atoms with Crippen LogP contribution in [-0.2, 0) is 0 Å². The number of benzene rings is 2. The van der Waals surface area contributed by atoms with Gasteiger partial charge in [-0.15, -0.1) is 0 Å². The lowest BCUT2D eigenvalue weighted by atomic mass is 10.1. The van der Waals surface area contributed by atoms with Gasteiger partial charge in [-0.3, -0.25) is 0 Å². The van der Waals surface area contributed by atoms with Gasteiger partial charge in [0.2, 0.25) is 0 Å². The molecule has 0 amide bonds. The third kappa shape index (κ3) is 3.55. The average Bonchev–Trinajstić information content (AvgIpc) is 2.37. The zero-order valence-corrected chi connectivity index (χ0v) is 12.3. The van der Waals surface area contributed by atoms with Gasteiger partial charge < -0.3 is 10.1 Å². The summed E-state index contributed by atoms with van der Waals surface area (Å²) >= 11 is 12.0. The first kappa shape index (κ1) is 14.0. The molecule has 2 aromatic rings. The number of hydrogen-bond donors (Lipinski definition) is 1. The molecule has 0 radical (unpaired) electrons. The minimum absolute atomic E-state index is 0.0886. The molecule has 1 N–H and O–H groups in total. The Morgan fingerprint density at radius 2 is 1.68 bits per heavy atom. The highest BCUT2D eigenvalue weighted by molar-refractivity contribution is 6.35. The monoisotopic (exact) mass is 295 g/mol. The number of halogens is 2. The molecule has 0 saturated carbocycles. The van der Waals surface area contributed by atoms with Gasteiger partial charge in [-0.2, -0.15) is 0 Å². The third-order valence-corrected chi connectivity index (χ3v) is 3.29. The highest BCUT2D eigenvalue weighted by Gasteiger charge is 2.11. The van der Waals surface area contributed by atoms with Crippen molar-refractivity contribution in [3.63, 3.8) is 0 Å². The molecule has 0 saturated heterocycles. The maximum Gasteiger partial charge on any atom is 0.124 e. The summed E-state index contributed by atoms with van der Waals surface area (Å²) in [5.74, 6) is 0.857. The van der Waals surface area contributed by atoms with Gasteiger partial charge in [-0.25, -0.2) is 0 Å². The number of nitrogens with one attached hydrogen (secondary N) is 1. The van der Waals surface area contributed by atoms with Gasteiger partial charge in [-0.1, -0.05) is 41.4 Å². The Morgan fingerprint density at radius 1 is 1.05 bits per heavy atom. The van der Waals surface area contributed by atoms with E-state index in [0.29, 0.717) is 10.0 Å². The zero-order chi connectivity index (χ0) is 13.8. The van der Waals surface area contributed by atoms with Crippen molar-refractivity contribution in [3.8, 4) is 5.75 Å². The molecule has 0 fully saturated rings. The lowest BCUT2D eigenvalue weighted by Crippen LogP contribution is -2.08. The van der Waals surface area contributed by atoms with Crippen LogP contribution in [0.1, 0.15) is 18.5 Å². The fourth-order valence-electron chi connectivity index (χ4n) is 1.99. The predicted octanol–water partition coefficient (Wildman–Crippen LogP) is 5.18. The largest absolute Gasteiger partial charge is 0.496 e. The fourth-order valence-corrected chi connectivity index (χ4v) is 2.52. The second-order valence-electron chi connectivity index (χ2n) is 4.27. The molecule has 19 heavy (non-hydrogen) atoms. The lowest BCUT2D eigenvalue weighted by molar-refractivity contribution is 0.408. The van der Waals surface area contributed by atoms with Crippen molar-refractivity contribution in [2.24, 2.45) is 0 Å². The normalized spacial score (nSPS) is 12.0. The molecule has 0 bridgehead atoms. The van der Waals surface area contributed by atoms with Crippen molar-refractivity contribution in [2.45, 2.75) is 13.0 Å². The summed E-state index contributed by atoms with van der Waals surface area (Å²) in [5, 5.41) is 4.59. The summed E-state index contributed by atoms with van der Waals surface area (Å²) in [7, 11) is 1.67. The van der Waals surface area contributed by atoms with Crippen LogP contribution in [0.2, 0.25) is 10.0 Å². The van der Waals surface area contributed by atoms with Crippen LogP contribution >= 0.6 is 23.2 Å². The van der Waals surface area contributed by atoms with Crippen LogP contribution in [0.3, 0.4) is 0 Å². The molecular formula is C15H15Cl2NO. The molecule has 0 aliphatic rings. The topological polar surface area (TPSA) is 21.3 Å². The van der Waals surface area contributed by atoms with Crippen molar-refractivity contribution >= 4 is 28.9 Å². The predicted molar refractivity (Wildman–Crippen MR) is 81.5 cm³/mol. The third-order valence-electron chi connectivity index (χ3n) is 2.85. The minimum atomic E-state index is 0.0886. The highest BCUT2D eigenvalue weighted by Crippen LogP contribution is 2.29. The molecular weight excluding hydrogens is 281 g/mol. The first-order chi connectivity index (χ1) is 9.10. The fraction of sp³-hybridized carbons (Fsp3) is 0.200. The second kappa shape index (κ2) is 6.18. The van der Waals surface area contributed by atoms with Crippen molar-refractivity contribution in [1.29, 1.82) is 0 Å². The molecule has 2 nitrogen and oxygen atoms in total. The van der Waals surface area contributed by atoms with Gasteiger partial charge in [0.25, 0.3) is 0 Å². The van der Waals surface area contributed by atoms with Gasteiger partial charge in [0.15, 0.2) is 0 Å². The van der Waals surface area contributed by atoms with E-state index in [0.717, 1.165) is 17.0 Å². The van der Waals surface area contributed by atoms with Crippen LogP contribution in [0.5, 0.6) is 5.75 Å². The summed E-state index contributed by atoms with van der Waals surface area (Å²) in [6.07, 6.45) is 0. The Labute approximate surface area is 123 Å². The maximum atomic E-state index is 5.99. The molecule has 1 unspecified atom stereocenters. The van der Waals surface area contributed by atoms with Crippen molar-refractivity contribution in [3.05, 3.63) is 58.1 Å². The van der Waals surface area contributed by atoms with Gasteiger partial charge >= 0.3 is 0 Å². The molecule has 0 spiro atoms. The molecule has 0 aliphatic heterocycles. The van der Waals surface area contributed by atoms with Crippen LogP contribution in [0.15, 0.2) is 42.5 Å². The SMILES string of the molecule is COc1ccccc1C(C)Nc1cc(Cl)cc(Cl)c1. The Morgan fingerprint density at radius 3 is 2.32 bits per heavy atom. The summed E-state index contributed by atoms with van der Waals surface area (Å²) in [6, 6.07) is 13.4. The van der Waals surface area contributed by atoms with E-state index < -0.39 is 0 Å². The van der Waals surface area contributed by atoms with Crippen LogP contribution in [0, 0.1) is 0 Å². The van der Waals surface area contributed by atoms with Crippen LogP contribution < -0.4 is 10.1 Å². The smallest absolute Gasteiger partial charge is 0.124 e. The van der Waals surface area contributed by atoms with E-state index in [1.165, 1.54) is 0 Å². The second-order valence-corrected chi connectivity index (χ2v) is 5.14. The summed E-state index contributed by atoms with van der Waals surface area (Å²) in [6.45, 7) is 2.06. The summed E-state index contributed by atoms with van der Waals surface area (Å²) < 4.78 is 5.36. The van der Waals surface area contributed by atoms with E-state index in [1.807, 2.05) is 36.4 Å². The maximum absolute atomic E-state index is 5.99. The van der Waals surface area contributed by atoms with E-state index >= 15 is 0 Å². The number of methoxy groups -OCH3 is 1. The Kier molecular flexibility index (Phi) is 4.56. The van der Waals surface area contributed by atoms with E-state index in [2.05, 4.69) is 12.2 Å². The van der Waals surface area contributed by atoms with Crippen LogP contribution in [0.4, 0.5) is 5.69 Å². The molecule has 100 valence electrons. The molecule has 2 rings (SSSR count). The first-order valence-electron chi connectivity index (χ1n) is 5.95. The van der Waals surface area contributed by atoms with Gasteiger partial charge in [0, 0.05) is 21.3 Å². The minimum Gasteiger partial charge on any atom is -0.496 e. The quantitative estimate of drug-likeness (QED) is 0.839. The van der Waals surface area contributed by atoms with E-state index in [4.69, 9.17) is 27.9 Å². The molecule has 1 atom stereocenters. The highest BCUT2D eigenvalue weighted by atomic mass is 35.5. The summed E-state index contributed by atoms with van der Waals surface area (Å²) in [5.41, 5.74) is 1.97. The zero-order valence-electron chi connectivity index (χ0n) is 10.8. The Balaban J connectivity index is 2.22. The van der Waals surface area contributed by atoms with E-state index in [9.17, 15) is 0 Å². The van der Waals surface area contributed by atoms with Crippen LogP contribution in [0.25, 0.3) is 0 Å². The lowest BCUT2D eigenvalue weighted by Gasteiger charge is -2.18. The number of ether oxygens (including phenoxy) is 1. The van der Waals surface area contributed by atoms with Crippen molar-refractivity contribution < 1.29 is 4.74 Å². The first-order valence-corrected chi connectivity index (χ1v) is 6.71. The molecule has 4 heteroatoms. The van der Waals surface area contributed by atoms with Gasteiger partial charge in [0.05, 0.1) is 13.2 Å². The molecule has 0 aliphatic carbocycles. The molecule has 0 aromatic heterocycles. The van der Waals surface area contributed by atoms with Crippen LogP contribution in [-0.4, -0.2) is 7.11 Å². The number of hydrogen-bond acceptors (Lipinski definition) is 2. The van der Waals surface area contributed by atoms with Gasteiger partial charge in [-0.05, 0) is 31.2 Å². The molecule has 2 aromatic carbocycles. The average molecular weight is 296 g/mol. The standard InChI is InChI=1S/C15H15Cl2NO/c1-10(14-5-3-4-6-15(14)19-2)18-13-8-11(16)7-12(17)9-13/h3-10,18H,1-2H3. The summed E-state index contributed by atoms with van der Waals surface area (Å²) in [4.78, 5) is 0. The number of rotatable bonds is 4. The Hall–Kier alpha value is -1.38. The van der Waals surface area contributed by atoms with E-state index in [-0.39, 0.29) is 6.04 Å². The van der Waals surface area contributed by atoms with Gasteiger partial charge in [0.1, 0.15) is 5.75 Å². The Bertz CT molecular complexity index is 552. The number of para-hydroxylation sites is 1. The van der Waals surface area contributed by atoms with Crippen molar-refractivity contribution in [1.82, 2.24) is 0 Å². The van der Waals surface area contributed by atoms with Crippen molar-refractivity contribution in [2.75, 3.05) is 12.4 Å².